The van der Waals surface area contributed by atoms with Crippen LogP contribution in [0.5, 0.6) is 0 Å². The molecule has 2 heteroatoms. The first-order chi connectivity index (χ1) is 6.33. The molecule has 1 rings (SSSR count). The standard InChI is InChI=1S/C11H21BrS/c1-2-13-8-4-6-10-5-3-7-11(12)9-10/h10-11H,2-9H2,1H3. The Morgan fingerprint density at radius 3 is 2.92 bits per heavy atom. The molecule has 0 saturated heterocycles. The summed E-state index contributed by atoms with van der Waals surface area (Å²) in [6.45, 7) is 2.25. The lowest BCUT2D eigenvalue weighted by molar-refractivity contribution is 0.347. The smallest absolute Gasteiger partial charge is 0.0148 e. The molecule has 1 aliphatic rings. The fraction of sp³-hybridized carbons (Fsp3) is 1.00. The van der Waals surface area contributed by atoms with Crippen LogP contribution in [0.3, 0.4) is 0 Å². The molecule has 0 amide bonds. The van der Waals surface area contributed by atoms with Crippen molar-refractivity contribution >= 4 is 27.7 Å². The van der Waals surface area contributed by atoms with Gasteiger partial charge in [-0.15, -0.1) is 0 Å². The lowest BCUT2D eigenvalue weighted by atomic mass is 9.86. The third-order valence-corrected chi connectivity index (χ3v) is 4.64. The zero-order valence-electron chi connectivity index (χ0n) is 8.60. The third kappa shape index (κ3) is 5.31. The molecule has 0 bridgehead atoms. The van der Waals surface area contributed by atoms with E-state index in [-0.39, 0.29) is 0 Å². The Labute approximate surface area is 95.4 Å². The minimum absolute atomic E-state index is 0.824. The van der Waals surface area contributed by atoms with Crippen LogP contribution in [-0.4, -0.2) is 16.3 Å². The predicted molar refractivity (Wildman–Crippen MR) is 66.9 cm³/mol. The van der Waals surface area contributed by atoms with Crippen LogP contribution in [0.4, 0.5) is 0 Å². The zero-order valence-corrected chi connectivity index (χ0v) is 11.0. The van der Waals surface area contributed by atoms with Crippen LogP contribution in [0.2, 0.25) is 0 Å². The van der Waals surface area contributed by atoms with Crippen molar-refractivity contribution in [1.82, 2.24) is 0 Å². The van der Waals surface area contributed by atoms with E-state index in [2.05, 4.69) is 34.6 Å². The second-order valence-electron chi connectivity index (χ2n) is 3.97. The van der Waals surface area contributed by atoms with Gasteiger partial charge in [0, 0.05) is 4.83 Å². The topological polar surface area (TPSA) is 0 Å². The van der Waals surface area contributed by atoms with E-state index in [4.69, 9.17) is 0 Å². The minimum Gasteiger partial charge on any atom is -0.162 e. The first-order valence-electron chi connectivity index (χ1n) is 5.54. The molecule has 1 fully saturated rings. The van der Waals surface area contributed by atoms with Crippen molar-refractivity contribution in [3.8, 4) is 0 Å². The highest BCUT2D eigenvalue weighted by Gasteiger charge is 2.18. The van der Waals surface area contributed by atoms with Gasteiger partial charge in [-0.2, -0.15) is 11.8 Å². The molecule has 1 aliphatic carbocycles. The predicted octanol–water partition coefficient (Wildman–Crippen LogP) is 4.47. The van der Waals surface area contributed by atoms with Crippen LogP contribution < -0.4 is 0 Å². The number of halogens is 1. The maximum absolute atomic E-state index is 3.75. The van der Waals surface area contributed by atoms with Gasteiger partial charge < -0.3 is 0 Å². The summed E-state index contributed by atoms with van der Waals surface area (Å²) in [5, 5.41) is 0. The van der Waals surface area contributed by atoms with Crippen molar-refractivity contribution in [2.75, 3.05) is 11.5 Å². The van der Waals surface area contributed by atoms with Gasteiger partial charge >= 0.3 is 0 Å². The fourth-order valence-corrected chi connectivity index (χ4v) is 3.62. The number of alkyl halides is 1. The monoisotopic (exact) mass is 264 g/mol. The third-order valence-electron chi connectivity index (χ3n) is 2.82. The van der Waals surface area contributed by atoms with Crippen molar-refractivity contribution in [2.45, 2.75) is 50.3 Å². The molecular weight excluding hydrogens is 244 g/mol. The van der Waals surface area contributed by atoms with Crippen LogP contribution in [0.25, 0.3) is 0 Å². The summed E-state index contributed by atoms with van der Waals surface area (Å²) in [6.07, 6.45) is 8.66. The molecule has 0 aromatic carbocycles. The Morgan fingerprint density at radius 2 is 2.23 bits per heavy atom. The summed E-state index contributed by atoms with van der Waals surface area (Å²) in [7, 11) is 0. The highest BCUT2D eigenvalue weighted by atomic mass is 79.9. The molecular formula is C11H21BrS. The second kappa shape index (κ2) is 7.17. The molecule has 2 atom stereocenters. The summed E-state index contributed by atoms with van der Waals surface area (Å²) >= 11 is 5.83. The first-order valence-corrected chi connectivity index (χ1v) is 7.61. The molecule has 78 valence electrons. The lowest BCUT2D eigenvalue weighted by Gasteiger charge is -2.25. The zero-order chi connectivity index (χ0) is 9.52. The molecule has 0 radical (unpaired) electrons. The molecule has 0 aliphatic heterocycles. The van der Waals surface area contributed by atoms with E-state index in [1.54, 1.807) is 0 Å². The number of thioether (sulfide) groups is 1. The Balaban J connectivity index is 2.00. The van der Waals surface area contributed by atoms with Crippen LogP contribution in [-0.2, 0) is 0 Å². The summed E-state index contributed by atoms with van der Waals surface area (Å²) in [5.74, 6) is 3.68. The van der Waals surface area contributed by atoms with E-state index in [1.807, 2.05) is 0 Å². The molecule has 13 heavy (non-hydrogen) atoms. The molecule has 0 nitrogen and oxygen atoms in total. The Bertz CT molecular complexity index is 127. The van der Waals surface area contributed by atoms with Crippen LogP contribution in [0.15, 0.2) is 0 Å². The Kier molecular flexibility index (Phi) is 6.56. The summed E-state index contributed by atoms with van der Waals surface area (Å²) < 4.78 is 0. The van der Waals surface area contributed by atoms with Gasteiger partial charge in [0.25, 0.3) is 0 Å². The van der Waals surface area contributed by atoms with Gasteiger partial charge in [-0.3, -0.25) is 0 Å². The molecule has 0 N–H and O–H groups in total. The molecule has 0 heterocycles. The Morgan fingerprint density at radius 1 is 1.38 bits per heavy atom. The van der Waals surface area contributed by atoms with E-state index in [1.165, 1.54) is 50.0 Å². The van der Waals surface area contributed by atoms with Gasteiger partial charge in [0.2, 0.25) is 0 Å². The van der Waals surface area contributed by atoms with Gasteiger partial charge in [-0.05, 0) is 43.1 Å². The number of hydrogen-bond acceptors (Lipinski definition) is 1. The van der Waals surface area contributed by atoms with Crippen LogP contribution >= 0.6 is 27.7 Å². The molecule has 0 spiro atoms. The second-order valence-corrected chi connectivity index (χ2v) is 6.66. The maximum atomic E-state index is 3.75. The average molecular weight is 265 g/mol. The van der Waals surface area contributed by atoms with E-state index < -0.39 is 0 Å². The quantitative estimate of drug-likeness (QED) is 0.522. The minimum atomic E-state index is 0.824. The summed E-state index contributed by atoms with van der Waals surface area (Å²) in [4.78, 5) is 0.824. The van der Waals surface area contributed by atoms with E-state index in [0.717, 1.165) is 10.7 Å². The normalized spacial score (nSPS) is 29.1. The van der Waals surface area contributed by atoms with Crippen molar-refractivity contribution < 1.29 is 0 Å². The van der Waals surface area contributed by atoms with Crippen molar-refractivity contribution in [1.29, 1.82) is 0 Å². The van der Waals surface area contributed by atoms with Gasteiger partial charge in [-0.25, -0.2) is 0 Å². The molecule has 1 saturated carbocycles. The van der Waals surface area contributed by atoms with Gasteiger partial charge in [0.1, 0.15) is 0 Å². The fourth-order valence-electron chi connectivity index (χ4n) is 2.11. The summed E-state index contributed by atoms with van der Waals surface area (Å²) in [5.41, 5.74) is 0. The number of hydrogen-bond donors (Lipinski definition) is 0. The van der Waals surface area contributed by atoms with Gasteiger partial charge in [0.15, 0.2) is 0 Å². The van der Waals surface area contributed by atoms with Crippen molar-refractivity contribution in [3.05, 3.63) is 0 Å². The Hall–Kier alpha value is 0.830. The lowest BCUT2D eigenvalue weighted by Crippen LogP contribution is -2.15. The van der Waals surface area contributed by atoms with E-state index >= 15 is 0 Å². The largest absolute Gasteiger partial charge is 0.162 e. The SMILES string of the molecule is CCSCCCC1CCCC(Br)C1. The van der Waals surface area contributed by atoms with Crippen LogP contribution in [0, 0.1) is 5.92 Å². The average Bonchev–Trinajstić information content (AvgIpc) is 2.13. The molecule has 0 aromatic rings. The van der Waals surface area contributed by atoms with Gasteiger partial charge in [-0.1, -0.05) is 35.7 Å². The van der Waals surface area contributed by atoms with Gasteiger partial charge in [0.05, 0.1) is 0 Å². The number of rotatable bonds is 5. The first kappa shape index (κ1) is 11.9. The molecule has 0 aromatic heterocycles. The van der Waals surface area contributed by atoms with Crippen LogP contribution in [0.1, 0.15) is 45.4 Å². The van der Waals surface area contributed by atoms with E-state index in [9.17, 15) is 0 Å². The maximum Gasteiger partial charge on any atom is 0.0148 e. The van der Waals surface area contributed by atoms with Crippen molar-refractivity contribution in [2.24, 2.45) is 5.92 Å². The molecule has 2 unspecified atom stereocenters. The van der Waals surface area contributed by atoms with E-state index in [0.29, 0.717) is 0 Å². The highest BCUT2D eigenvalue weighted by Crippen LogP contribution is 2.31. The highest BCUT2D eigenvalue weighted by molar-refractivity contribution is 9.09. The van der Waals surface area contributed by atoms with Crippen molar-refractivity contribution in [3.63, 3.8) is 0 Å². The summed E-state index contributed by atoms with van der Waals surface area (Å²) in [6, 6.07) is 0.